The lowest BCUT2D eigenvalue weighted by molar-refractivity contribution is 0.237. The van der Waals surface area contributed by atoms with E-state index in [4.69, 9.17) is 5.11 Å². The zero-order chi connectivity index (χ0) is 5.70. The van der Waals surface area contributed by atoms with Gasteiger partial charge >= 0.3 is 0 Å². The van der Waals surface area contributed by atoms with Gasteiger partial charge in [-0.1, -0.05) is 25.6 Å². The van der Waals surface area contributed by atoms with Crippen molar-refractivity contribution in [3.63, 3.8) is 0 Å². The van der Waals surface area contributed by atoms with E-state index in [-0.39, 0.29) is 6.10 Å². The molecule has 0 aliphatic heterocycles. The summed E-state index contributed by atoms with van der Waals surface area (Å²) in [5, 5.41) is 10.1. The van der Waals surface area contributed by atoms with Crippen LogP contribution in [0.4, 0.5) is 0 Å². The summed E-state index contributed by atoms with van der Waals surface area (Å²) >= 11 is 4.47. The summed E-state index contributed by atoms with van der Waals surface area (Å²) in [6.45, 7) is 2.02. The standard InChI is InChI=1S/C5H10OS/c1-2-3-5(6)4-7/h4-6H,2-3H2,1H3. The van der Waals surface area contributed by atoms with E-state index in [1.165, 1.54) is 5.37 Å². The van der Waals surface area contributed by atoms with Crippen LogP contribution in [0.15, 0.2) is 0 Å². The molecule has 0 spiro atoms. The molecule has 1 unspecified atom stereocenters. The van der Waals surface area contributed by atoms with Crippen LogP contribution in [-0.4, -0.2) is 16.6 Å². The van der Waals surface area contributed by atoms with Crippen molar-refractivity contribution >= 4 is 17.6 Å². The summed E-state index contributed by atoms with van der Waals surface area (Å²) in [6, 6.07) is 0. The van der Waals surface area contributed by atoms with E-state index in [0.717, 1.165) is 12.8 Å². The molecule has 2 heteroatoms. The Hall–Kier alpha value is 0.0500. The van der Waals surface area contributed by atoms with Gasteiger partial charge in [0.15, 0.2) is 0 Å². The summed E-state index contributed by atoms with van der Waals surface area (Å²) < 4.78 is 0. The van der Waals surface area contributed by atoms with Crippen molar-refractivity contribution in [2.45, 2.75) is 25.9 Å². The van der Waals surface area contributed by atoms with Gasteiger partial charge in [-0.25, -0.2) is 0 Å². The van der Waals surface area contributed by atoms with Gasteiger partial charge in [-0.05, 0) is 6.42 Å². The second-order valence-electron chi connectivity index (χ2n) is 1.49. The summed E-state index contributed by atoms with van der Waals surface area (Å²) in [5.41, 5.74) is 0. The molecule has 7 heavy (non-hydrogen) atoms. The van der Waals surface area contributed by atoms with Crippen LogP contribution >= 0.6 is 12.2 Å². The number of aliphatic hydroxyl groups is 1. The molecule has 0 aromatic rings. The van der Waals surface area contributed by atoms with Gasteiger partial charge in [0, 0.05) is 5.37 Å². The molecule has 0 saturated carbocycles. The van der Waals surface area contributed by atoms with Crippen LogP contribution in [0.5, 0.6) is 0 Å². The average Bonchev–Trinajstić information content (AvgIpc) is 1.68. The van der Waals surface area contributed by atoms with Gasteiger partial charge in [-0.3, -0.25) is 0 Å². The topological polar surface area (TPSA) is 20.2 Å². The van der Waals surface area contributed by atoms with Crippen molar-refractivity contribution in [3.8, 4) is 0 Å². The molecule has 0 aromatic heterocycles. The molecule has 0 saturated heterocycles. The van der Waals surface area contributed by atoms with Gasteiger partial charge in [-0.15, -0.1) is 0 Å². The fraction of sp³-hybridized carbons (Fsp3) is 0.800. The maximum atomic E-state index is 8.70. The Labute approximate surface area is 49.4 Å². The van der Waals surface area contributed by atoms with E-state index in [1.807, 2.05) is 6.92 Å². The first-order valence-corrected chi connectivity index (χ1v) is 2.91. The molecule has 0 heterocycles. The number of aliphatic hydroxyl groups excluding tert-OH is 1. The van der Waals surface area contributed by atoms with Gasteiger partial charge in [0.25, 0.3) is 0 Å². The minimum Gasteiger partial charge on any atom is -0.388 e. The highest BCUT2D eigenvalue weighted by molar-refractivity contribution is 7.79. The van der Waals surface area contributed by atoms with Gasteiger partial charge in [0.2, 0.25) is 0 Å². The summed E-state index contributed by atoms with van der Waals surface area (Å²) in [7, 11) is 0. The summed E-state index contributed by atoms with van der Waals surface area (Å²) in [4.78, 5) is 0. The zero-order valence-corrected chi connectivity index (χ0v) is 5.24. The van der Waals surface area contributed by atoms with Crippen molar-refractivity contribution < 1.29 is 5.11 Å². The van der Waals surface area contributed by atoms with Crippen molar-refractivity contribution in [1.82, 2.24) is 0 Å². The van der Waals surface area contributed by atoms with Crippen molar-refractivity contribution in [3.05, 3.63) is 0 Å². The Morgan fingerprint density at radius 2 is 2.43 bits per heavy atom. The molecule has 0 radical (unpaired) electrons. The third-order valence-corrected chi connectivity index (χ3v) is 1.06. The normalized spacial score (nSPS) is 13.4. The molecule has 0 aliphatic rings. The number of hydrogen-bond donors (Lipinski definition) is 1. The second-order valence-corrected chi connectivity index (χ2v) is 1.76. The molecule has 1 atom stereocenters. The Bertz CT molecular complexity index is 54.0. The quantitative estimate of drug-likeness (QED) is 0.561. The number of rotatable bonds is 3. The van der Waals surface area contributed by atoms with Crippen molar-refractivity contribution in [1.29, 1.82) is 0 Å². The van der Waals surface area contributed by atoms with E-state index in [0.29, 0.717) is 0 Å². The predicted molar refractivity (Wildman–Crippen MR) is 34.6 cm³/mol. The lowest BCUT2D eigenvalue weighted by atomic mass is 10.2. The van der Waals surface area contributed by atoms with Crippen LogP contribution in [-0.2, 0) is 0 Å². The SMILES string of the molecule is CCCC(O)C=S. The molecule has 42 valence electrons. The highest BCUT2D eigenvalue weighted by Gasteiger charge is 1.92. The summed E-state index contributed by atoms with van der Waals surface area (Å²) in [5.74, 6) is 0. The van der Waals surface area contributed by atoms with E-state index < -0.39 is 0 Å². The van der Waals surface area contributed by atoms with Crippen LogP contribution < -0.4 is 0 Å². The van der Waals surface area contributed by atoms with Crippen molar-refractivity contribution in [2.24, 2.45) is 0 Å². The molecular formula is C5H10OS. The fourth-order valence-electron chi connectivity index (χ4n) is 0.364. The molecule has 0 amide bonds. The fourth-order valence-corrected chi connectivity index (χ4v) is 0.500. The molecule has 0 aromatic carbocycles. The van der Waals surface area contributed by atoms with E-state index in [2.05, 4.69) is 12.2 Å². The second kappa shape index (κ2) is 4.22. The van der Waals surface area contributed by atoms with E-state index in [9.17, 15) is 0 Å². The predicted octanol–water partition coefficient (Wildman–Crippen LogP) is 1.15. The molecule has 0 bridgehead atoms. The first-order chi connectivity index (χ1) is 3.31. The number of hydrogen-bond acceptors (Lipinski definition) is 2. The highest BCUT2D eigenvalue weighted by Crippen LogP contribution is 1.91. The Morgan fingerprint density at radius 3 is 2.57 bits per heavy atom. The highest BCUT2D eigenvalue weighted by atomic mass is 32.1. The molecular weight excluding hydrogens is 108 g/mol. The van der Waals surface area contributed by atoms with Gasteiger partial charge in [0.05, 0.1) is 6.10 Å². The minimum atomic E-state index is -0.361. The smallest absolute Gasteiger partial charge is 0.0822 e. The van der Waals surface area contributed by atoms with Crippen LogP contribution in [0.25, 0.3) is 0 Å². The maximum Gasteiger partial charge on any atom is 0.0822 e. The maximum absolute atomic E-state index is 8.70. The van der Waals surface area contributed by atoms with Crippen LogP contribution in [0, 0.1) is 0 Å². The van der Waals surface area contributed by atoms with Crippen molar-refractivity contribution in [2.75, 3.05) is 0 Å². The zero-order valence-electron chi connectivity index (χ0n) is 4.42. The Kier molecular flexibility index (Phi) is 4.25. The van der Waals surface area contributed by atoms with Crippen LogP contribution in [0.3, 0.4) is 0 Å². The first kappa shape index (κ1) is 7.05. The van der Waals surface area contributed by atoms with E-state index >= 15 is 0 Å². The lowest BCUT2D eigenvalue weighted by Gasteiger charge is -1.96. The number of thiocarbonyl (C=S) groups is 1. The molecule has 0 fully saturated rings. The molecule has 1 nitrogen and oxygen atoms in total. The Balaban J connectivity index is 2.98. The molecule has 0 rings (SSSR count). The van der Waals surface area contributed by atoms with Gasteiger partial charge in [0.1, 0.15) is 0 Å². The van der Waals surface area contributed by atoms with Crippen LogP contribution in [0.1, 0.15) is 19.8 Å². The summed E-state index contributed by atoms with van der Waals surface area (Å²) in [6.07, 6.45) is 1.43. The Morgan fingerprint density at radius 1 is 1.86 bits per heavy atom. The minimum absolute atomic E-state index is 0.361. The largest absolute Gasteiger partial charge is 0.388 e. The third-order valence-electron chi connectivity index (χ3n) is 0.742. The van der Waals surface area contributed by atoms with E-state index in [1.54, 1.807) is 0 Å². The third kappa shape index (κ3) is 3.89. The average molecular weight is 118 g/mol. The molecule has 0 aliphatic carbocycles. The monoisotopic (exact) mass is 118 g/mol. The van der Waals surface area contributed by atoms with Gasteiger partial charge in [-0.2, -0.15) is 0 Å². The lowest BCUT2D eigenvalue weighted by Crippen LogP contribution is -2.04. The first-order valence-electron chi connectivity index (χ1n) is 2.44. The molecule has 1 N–H and O–H groups in total. The van der Waals surface area contributed by atoms with Gasteiger partial charge < -0.3 is 5.11 Å². The van der Waals surface area contributed by atoms with Crippen LogP contribution in [0.2, 0.25) is 0 Å².